The van der Waals surface area contributed by atoms with Crippen LogP contribution in [0, 0.1) is 0 Å². The van der Waals surface area contributed by atoms with Crippen molar-refractivity contribution >= 4 is 21.9 Å². The Hall–Kier alpha value is -0.940. The molecule has 1 rings (SSSR count). The lowest BCUT2D eigenvalue weighted by atomic mass is 10.3. The van der Waals surface area contributed by atoms with Gasteiger partial charge in [0, 0.05) is 19.3 Å². The van der Waals surface area contributed by atoms with E-state index in [-0.39, 0.29) is 10.8 Å². The van der Waals surface area contributed by atoms with Crippen molar-refractivity contribution < 1.29 is 9.53 Å². The van der Waals surface area contributed by atoms with Crippen LogP contribution in [-0.2, 0) is 16.1 Å². The number of carbonyl (C=O) groups excluding carboxylic acids is 1. The fourth-order valence-electron chi connectivity index (χ4n) is 1.31. The molecular weight excluding hydrogens is 272 g/mol. The van der Waals surface area contributed by atoms with Crippen LogP contribution in [0.5, 0.6) is 0 Å². The number of alkyl halides is 1. The molecule has 4 nitrogen and oxygen atoms in total. The van der Waals surface area contributed by atoms with Crippen LogP contribution in [0.3, 0.4) is 0 Å². The molecular formula is C11H15BrN2O2. The molecule has 0 saturated heterocycles. The molecule has 0 aliphatic carbocycles. The molecule has 0 spiro atoms. The van der Waals surface area contributed by atoms with Gasteiger partial charge in [-0.05, 0) is 19.2 Å². The molecule has 1 atom stereocenters. The molecule has 0 N–H and O–H groups in total. The first-order chi connectivity index (χ1) is 7.63. The summed E-state index contributed by atoms with van der Waals surface area (Å²) in [6.07, 6.45) is 1.76. The topological polar surface area (TPSA) is 42.4 Å². The van der Waals surface area contributed by atoms with Crippen molar-refractivity contribution in [1.29, 1.82) is 0 Å². The van der Waals surface area contributed by atoms with Crippen molar-refractivity contribution in [3.8, 4) is 0 Å². The molecule has 1 aromatic heterocycles. The fourth-order valence-corrected chi connectivity index (χ4v) is 1.99. The predicted octanol–water partition coefficient (Wildman–Crippen LogP) is 1.45. The highest BCUT2D eigenvalue weighted by Crippen LogP contribution is 2.06. The van der Waals surface area contributed by atoms with Crippen LogP contribution in [0.25, 0.3) is 0 Å². The van der Waals surface area contributed by atoms with E-state index in [4.69, 9.17) is 0 Å². The van der Waals surface area contributed by atoms with Gasteiger partial charge in [-0.2, -0.15) is 0 Å². The second-order valence-electron chi connectivity index (χ2n) is 3.51. The van der Waals surface area contributed by atoms with E-state index in [0.717, 1.165) is 5.69 Å². The van der Waals surface area contributed by atoms with Crippen LogP contribution in [0.4, 0.5) is 0 Å². The first kappa shape index (κ1) is 13.1. The second kappa shape index (κ2) is 6.60. The van der Waals surface area contributed by atoms with Crippen molar-refractivity contribution in [2.24, 2.45) is 0 Å². The van der Waals surface area contributed by atoms with Crippen LogP contribution in [0.1, 0.15) is 5.69 Å². The zero-order valence-electron chi connectivity index (χ0n) is 9.39. The third kappa shape index (κ3) is 4.28. The Bertz CT molecular complexity index is 332. The molecule has 0 saturated carbocycles. The number of aromatic nitrogens is 1. The normalized spacial score (nSPS) is 12.5. The van der Waals surface area contributed by atoms with Gasteiger partial charge >= 0.3 is 5.97 Å². The molecule has 1 heterocycles. The SMILES string of the molecule is COC(=O)C(Br)CN(C)Cc1ccccn1. The van der Waals surface area contributed by atoms with Gasteiger partial charge in [-0.3, -0.25) is 14.7 Å². The van der Waals surface area contributed by atoms with Crippen molar-refractivity contribution in [3.63, 3.8) is 0 Å². The molecule has 0 bridgehead atoms. The van der Waals surface area contributed by atoms with E-state index in [2.05, 4.69) is 25.7 Å². The number of carbonyl (C=O) groups is 1. The van der Waals surface area contributed by atoms with E-state index in [1.165, 1.54) is 7.11 Å². The Morgan fingerprint density at radius 3 is 2.94 bits per heavy atom. The predicted molar refractivity (Wildman–Crippen MR) is 65.3 cm³/mol. The summed E-state index contributed by atoms with van der Waals surface area (Å²) >= 11 is 3.28. The quantitative estimate of drug-likeness (QED) is 0.607. The molecule has 1 aromatic rings. The average Bonchev–Trinajstić information content (AvgIpc) is 2.29. The number of esters is 1. The van der Waals surface area contributed by atoms with Crippen LogP contribution in [0.2, 0.25) is 0 Å². The zero-order valence-corrected chi connectivity index (χ0v) is 11.0. The summed E-state index contributed by atoms with van der Waals surface area (Å²) in [5, 5.41) is 0. The molecule has 5 heteroatoms. The number of methoxy groups -OCH3 is 1. The van der Waals surface area contributed by atoms with Gasteiger partial charge in [-0.15, -0.1) is 0 Å². The molecule has 0 aliphatic heterocycles. The lowest BCUT2D eigenvalue weighted by Crippen LogP contribution is -2.31. The Labute approximate surface area is 104 Å². The summed E-state index contributed by atoms with van der Waals surface area (Å²) in [5.41, 5.74) is 0.981. The van der Waals surface area contributed by atoms with E-state index >= 15 is 0 Å². The molecule has 0 amide bonds. The highest BCUT2D eigenvalue weighted by atomic mass is 79.9. The van der Waals surface area contributed by atoms with E-state index in [9.17, 15) is 4.79 Å². The maximum atomic E-state index is 11.2. The molecule has 16 heavy (non-hydrogen) atoms. The zero-order chi connectivity index (χ0) is 12.0. The number of nitrogens with zero attached hydrogens (tertiary/aromatic N) is 2. The van der Waals surface area contributed by atoms with Gasteiger partial charge in [0.05, 0.1) is 12.8 Å². The maximum absolute atomic E-state index is 11.2. The van der Waals surface area contributed by atoms with Gasteiger partial charge < -0.3 is 4.74 Å². The van der Waals surface area contributed by atoms with Gasteiger partial charge in [-0.25, -0.2) is 0 Å². The van der Waals surface area contributed by atoms with Gasteiger partial charge in [0.1, 0.15) is 4.83 Å². The summed E-state index contributed by atoms with van der Waals surface area (Å²) in [6, 6.07) is 5.78. The van der Waals surface area contributed by atoms with Crippen molar-refractivity contribution in [3.05, 3.63) is 30.1 Å². The Balaban J connectivity index is 2.42. The van der Waals surface area contributed by atoms with Crippen molar-refractivity contribution in [2.45, 2.75) is 11.4 Å². The minimum absolute atomic E-state index is 0.257. The molecule has 0 aliphatic rings. The van der Waals surface area contributed by atoms with Gasteiger partial charge in [0.2, 0.25) is 0 Å². The molecule has 0 radical (unpaired) electrons. The first-order valence-electron chi connectivity index (χ1n) is 4.94. The number of hydrogen-bond donors (Lipinski definition) is 0. The Kier molecular flexibility index (Phi) is 5.42. The molecule has 88 valence electrons. The van der Waals surface area contributed by atoms with Crippen molar-refractivity contribution in [1.82, 2.24) is 9.88 Å². The Morgan fingerprint density at radius 1 is 1.62 bits per heavy atom. The third-order valence-electron chi connectivity index (χ3n) is 2.09. The molecule has 0 aromatic carbocycles. The number of ether oxygens (including phenoxy) is 1. The minimum Gasteiger partial charge on any atom is -0.468 e. The first-order valence-corrected chi connectivity index (χ1v) is 5.85. The van der Waals surface area contributed by atoms with Crippen LogP contribution in [-0.4, -0.2) is 41.4 Å². The summed E-state index contributed by atoms with van der Waals surface area (Å²) in [4.78, 5) is 17.1. The van der Waals surface area contributed by atoms with Crippen LogP contribution in [0.15, 0.2) is 24.4 Å². The highest BCUT2D eigenvalue weighted by molar-refractivity contribution is 9.10. The minimum atomic E-state index is -0.300. The smallest absolute Gasteiger partial charge is 0.320 e. The molecule has 1 unspecified atom stereocenters. The summed E-state index contributed by atoms with van der Waals surface area (Å²) in [5.74, 6) is -0.257. The number of pyridine rings is 1. The third-order valence-corrected chi connectivity index (χ3v) is 2.75. The van der Waals surface area contributed by atoms with E-state index in [0.29, 0.717) is 13.1 Å². The molecule has 0 fully saturated rings. The standard InChI is InChI=1S/C11H15BrN2O2/c1-14(8-10(12)11(15)16-2)7-9-5-3-4-6-13-9/h3-6,10H,7-8H2,1-2H3. The van der Waals surface area contributed by atoms with Gasteiger partial charge in [0.15, 0.2) is 0 Å². The lowest BCUT2D eigenvalue weighted by Gasteiger charge is -2.18. The van der Waals surface area contributed by atoms with E-state index in [1.54, 1.807) is 6.20 Å². The number of halogens is 1. The monoisotopic (exact) mass is 286 g/mol. The van der Waals surface area contributed by atoms with E-state index in [1.807, 2.05) is 30.1 Å². The summed E-state index contributed by atoms with van der Waals surface area (Å²) in [7, 11) is 3.32. The van der Waals surface area contributed by atoms with Crippen LogP contribution >= 0.6 is 15.9 Å². The van der Waals surface area contributed by atoms with Gasteiger partial charge in [-0.1, -0.05) is 22.0 Å². The van der Waals surface area contributed by atoms with Crippen molar-refractivity contribution in [2.75, 3.05) is 20.7 Å². The van der Waals surface area contributed by atoms with E-state index < -0.39 is 0 Å². The maximum Gasteiger partial charge on any atom is 0.320 e. The highest BCUT2D eigenvalue weighted by Gasteiger charge is 2.17. The number of rotatable bonds is 5. The lowest BCUT2D eigenvalue weighted by molar-refractivity contribution is -0.140. The Morgan fingerprint density at radius 2 is 2.38 bits per heavy atom. The second-order valence-corrected chi connectivity index (χ2v) is 4.61. The van der Waals surface area contributed by atoms with Gasteiger partial charge in [0.25, 0.3) is 0 Å². The summed E-state index contributed by atoms with van der Waals surface area (Å²) in [6.45, 7) is 1.29. The number of hydrogen-bond acceptors (Lipinski definition) is 4. The average molecular weight is 287 g/mol. The fraction of sp³-hybridized carbons (Fsp3) is 0.455. The van der Waals surface area contributed by atoms with Crippen LogP contribution < -0.4 is 0 Å². The largest absolute Gasteiger partial charge is 0.468 e. The summed E-state index contributed by atoms with van der Waals surface area (Å²) < 4.78 is 4.63.